The number of allylic oxidation sites excluding steroid dienone is 2. The van der Waals surface area contributed by atoms with Gasteiger partial charge in [0.1, 0.15) is 0 Å². The number of carbonyl (C=O) groups excluding carboxylic acids is 1. The lowest BCUT2D eigenvalue weighted by Gasteiger charge is -2.20. The quantitative estimate of drug-likeness (QED) is 0.709. The molecule has 78 valence electrons. The summed E-state index contributed by atoms with van der Waals surface area (Å²) in [6.45, 7) is 4.19. The Balaban J connectivity index is 2.58. The molecule has 15 heavy (non-hydrogen) atoms. The first kappa shape index (κ1) is 9.97. The van der Waals surface area contributed by atoms with E-state index in [1.807, 2.05) is 18.2 Å². The van der Waals surface area contributed by atoms with Crippen LogP contribution in [0.4, 0.5) is 5.69 Å². The van der Waals surface area contributed by atoms with Crippen LogP contribution in [-0.4, -0.2) is 5.78 Å². The zero-order valence-electron chi connectivity index (χ0n) is 9.08. The number of benzene rings is 1. The molecule has 1 aliphatic carbocycles. The largest absolute Gasteiger partial charge is 0.399 e. The third-order valence-electron chi connectivity index (χ3n) is 2.75. The molecule has 0 aliphatic heterocycles. The van der Waals surface area contributed by atoms with E-state index in [-0.39, 0.29) is 5.78 Å². The van der Waals surface area contributed by atoms with Gasteiger partial charge in [-0.25, -0.2) is 0 Å². The summed E-state index contributed by atoms with van der Waals surface area (Å²) in [5.74, 6) is 0.547. The van der Waals surface area contributed by atoms with E-state index in [1.54, 1.807) is 6.08 Å². The molecule has 0 fully saturated rings. The standard InChI is InChI=1S/C13H15NO/c1-8(2)12-7-11(15)5-9-3-4-10(14)6-13(9)12/h3-4,6-8H,5,14H2,1-2H3. The van der Waals surface area contributed by atoms with Crippen LogP contribution in [0, 0.1) is 5.92 Å². The van der Waals surface area contributed by atoms with Gasteiger partial charge in [0.15, 0.2) is 5.78 Å². The normalized spacial score (nSPS) is 15.1. The highest BCUT2D eigenvalue weighted by molar-refractivity contribution is 6.02. The van der Waals surface area contributed by atoms with Gasteiger partial charge in [0.25, 0.3) is 0 Å². The zero-order valence-corrected chi connectivity index (χ0v) is 9.08. The Hall–Kier alpha value is -1.57. The van der Waals surface area contributed by atoms with Crippen LogP contribution < -0.4 is 5.73 Å². The van der Waals surface area contributed by atoms with Crippen molar-refractivity contribution in [2.75, 3.05) is 5.73 Å². The van der Waals surface area contributed by atoms with Crippen molar-refractivity contribution in [3.05, 3.63) is 35.4 Å². The topological polar surface area (TPSA) is 43.1 Å². The fourth-order valence-electron chi connectivity index (χ4n) is 1.98. The van der Waals surface area contributed by atoms with Gasteiger partial charge in [-0.1, -0.05) is 19.9 Å². The van der Waals surface area contributed by atoms with Gasteiger partial charge in [0.05, 0.1) is 0 Å². The molecule has 0 amide bonds. The highest BCUT2D eigenvalue weighted by atomic mass is 16.1. The number of anilines is 1. The maximum absolute atomic E-state index is 11.5. The summed E-state index contributed by atoms with van der Waals surface area (Å²) in [4.78, 5) is 11.5. The van der Waals surface area contributed by atoms with E-state index in [0.29, 0.717) is 12.3 Å². The smallest absolute Gasteiger partial charge is 0.160 e. The first-order valence-corrected chi connectivity index (χ1v) is 5.21. The lowest BCUT2D eigenvalue weighted by atomic mass is 9.84. The molecule has 2 nitrogen and oxygen atoms in total. The van der Waals surface area contributed by atoms with Gasteiger partial charge in [-0.15, -0.1) is 0 Å². The monoisotopic (exact) mass is 201 g/mol. The molecule has 0 atom stereocenters. The molecular formula is C13H15NO. The Morgan fingerprint density at radius 3 is 2.73 bits per heavy atom. The summed E-state index contributed by atoms with van der Waals surface area (Å²) in [7, 11) is 0. The molecule has 1 aromatic rings. The lowest BCUT2D eigenvalue weighted by Crippen LogP contribution is -2.12. The van der Waals surface area contributed by atoms with Crippen LogP contribution in [0.2, 0.25) is 0 Å². The van der Waals surface area contributed by atoms with Crippen LogP contribution in [0.25, 0.3) is 5.57 Å². The average molecular weight is 201 g/mol. The maximum Gasteiger partial charge on any atom is 0.160 e. The molecule has 0 unspecified atom stereocenters. The van der Waals surface area contributed by atoms with Gasteiger partial charge in [0.2, 0.25) is 0 Å². The molecule has 0 aromatic heterocycles. The summed E-state index contributed by atoms with van der Waals surface area (Å²) in [6.07, 6.45) is 2.26. The average Bonchev–Trinajstić information content (AvgIpc) is 2.17. The van der Waals surface area contributed by atoms with E-state index >= 15 is 0 Å². The Morgan fingerprint density at radius 1 is 1.33 bits per heavy atom. The Kier molecular flexibility index (Phi) is 2.35. The minimum atomic E-state index is 0.191. The van der Waals surface area contributed by atoms with Gasteiger partial charge in [-0.2, -0.15) is 0 Å². The van der Waals surface area contributed by atoms with Crippen molar-refractivity contribution in [1.82, 2.24) is 0 Å². The van der Waals surface area contributed by atoms with Crippen LogP contribution in [0.5, 0.6) is 0 Å². The Morgan fingerprint density at radius 2 is 2.07 bits per heavy atom. The number of ketones is 1. The third-order valence-corrected chi connectivity index (χ3v) is 2.75. The second-order valence-corrected chi connectivity index (χ2v) is 4.31. The molecule has 0 saturated heterocycles. The van der Waals surface area contributed by atoms with E-state index in [2.05, 4.69) is 13.8 Å². The summed E-state index contributed by atoms with van der Waals surface area (Å²) in [6, 6.07) is 5.78. The maximum atomic E-state index is 11.5. The summed E-state index contributed by atoms with van der Waals surface area (Å²) in [5, 5.41) is 0. The molecular weight excluding hydrogens is 186 g/mol. The molecule has 0 radical (unpaired) electrons. The SMILES string of the molecule is CC(C)C1=CC(=O)Cc2ccc(N)cc21. The molecule has 0 bridgehead atoms. The van der Waals surface area contributed by atoms with E-state index in [1.165, 1.54) is 0 Å². The highest BCUT2D eigenvalue weighted by Gasteiger charge is 2.19. The molecule has 1 aromatic carbocycles. The molecule has 2 heteroatoms. The third kappa shape index (κ3) is 1.80. The number of nitrogens with two attached hydrogens (primary N) is 1. The highest BCUT2D eigenvalue weighted by Crippen LogP contribution is 2.31. The van der Waals surface area contributed by atoms with Crippen molar-refractivity contribution >= 4 is 17.0 Å². The van der Waals surface area contributed by atoms with Gasteiger partial charge in [-0.3, -0.25) is 4.79 Å². The van der Waals surface area contributed by atoms with Gasteiger partial charge < -0.3 is 5.73 Å². The van der Waals surface area contributed by atoms with E-state index in [9.17, 15) is 4.79 Å². The van der Waals surface area contributed by atoms with Crippen LogP contribution >= 0.6 is 0 Å². The minimum Gasteiger partial charge on any atom is -0.399 e. The lowest BCUT2D eigenvalue weighted by molar-refractivity contribution is -0.114. The second-order valence-electron chi connectivity index (χ2n) is 4.31. The number of hydrogen-bond donors (Lipinski definition) is 1. The van der Waals surface area contributed by atoms with Gasteiger partial charge >= 0.3 is 0 Å². The predicted molar refractivity (Wildman–Crippen MR) is 62.4 cm³/mol. The van der Waals surface area contributed by atoms with Crippen LogP contribution in [-0.2, 0) is 11.2 Å². The summed E-state index contributed by atoms with van der Waals surface area (Å²) >= 11 is 0. The summed E-state index contributed by atoms with van der Waals surface area (Å²) in [5.41, 5.74) is 9.87. The van der Waals surface area contributed by atoms with Crippen molar-refractivity contribution in [2.24, 2.45) is 5.92 Å². The van der Waals surface area contributed by atoms with E-state index in [4.69, 9.17) is 5.73 Å². The fraction of sp³-hybridized carbons (Fsp3) is 0.308. The van der Waals surface area contributed by atoms with Crippen molar-refractivity contribution in [2.45, 2.75) is 20.3 Å². The number of nitrogen functional groups attached to an aromatic ring is 1. The molecule has 0 saturated carbocycles. The molecule has 0 heterocycles. The molecule has 2 N–H and O–H groups in total. The predicted octanol–water partition coefficient (Wildman–Crippen LogP) is 2.43. The van der Waals surface area contributed by atoms with Crippen LogP contribution in [0.3, 0.4) is 0 Å². The number of hydrogen-bond acceptors (Lipinski definition) is 2. The Labute approximate surface area is 89.8 Å². The van der Waals surface area contributed by atoms with Gasteiger partial charge in [-0.05, 0) is 40.8 Å². The van der Waals surface area contributed by atoms with Crippen molar-refractivity contribution in [3.8, 4) is 0 Å². The fourth-order valence-corrected chi connectivity index (χ4v) is 1.98. The first-order valence-electron chi connectivity index (χ1n) is 5.21. The summed E-state index contributed by atoms with van der Waals surface area (Å²) < 4.78 is 0. The molecule has 2 rings (SSSR count). The first-order chi connectivity index (χ1) is 7.08. The van der Waals surface area contributed by atoms with E-state index in [0.717, 1.165) is 22.4 Å². The van der Waals surface area contributed by atoms with Crippen LogP contribution in [0.1, 0.15) is 25.0 Å². The second kappa shape index (κ2) is 3.54. The minimum absolute atomic E-state index is 0.191. The van der Waals surface area contributed by atoms with E-state index < -0.39 is 0 Å². The van der Waals surface area contributed by atoms with Crippen LogP contribution in [0.15, 0.2) is 24.3 Å². The molecule has 1 aliphatic rings. The number of fused-ring (bicyclic) bond motifs is 1. The number of carbonyl (C=O) groups is 1. The van der Waals surface area contributed by atoms with Crippen molar-refractivity contribution in [3.63, 3.8) is 0 Å². The van der Waals surface area contributed by atoms with Crippen molar-refractivity contribution < 1.29 is 4.79 Å². The van der Waals surface area contributed by atoms with Crippen molar-refractivity contribution in [1.29, 1.82) is 0 Å². The zero-order chi connectivity index (χ0) is 11.0. The molecule has 0 spiro atoms. The Bertz CT molecular complexity index is 444. The van der Waals surface area contributed by atoms with Gasteiger partial charge in [0, 0.05) is 12.1 Å². The number of rotatable bonds is 1.